The average Bonchev–Trinajstić information content (AvgIpc) is 2.69. The first-order chi connectivity index (χ1) is 13.0. The Labute approximate surface area is 161 Å². The third-order valence-electron chi connectivity index (χ3n) is 3.51. The number of halogens is 1. The van der Waals surface area contributed by atoms with Gasteiger partial charge in [-0.15, -0.1) is 0 Å². The van der Waals surface area contributed by atoms with Gasteiger partial charge in [0.15, 0.2) is 6.61 Å². The lowest BCUT2D eigenvalue weighted by atomic mass is 10.2. The summed E-state index contributed by atoms with van der Waals surface area (Å²) in [5.41, 5.74) is 1.16. The molecule has 7 nitrogen and oxygen atoms in total. The zero-order chi connectivity index (χ0) is 19.6. The number of methoxy groups -OCH3 is 1. The molecule has 8 heteroatoms. The molecule has 2 aromatic carbocycles. The summed E-state index contributed by atoms with van der Waals surface area (Å²) in [5.74, 6) is -1.25. The molecule has 0 aliphatic carbocycles. The van der Waals surface area contributed by atoms with Crippen LogP contribution in [0.15, 0.2) is 48.5 Å². The van der Waals surface area contributed by atoms with Crippen LogP contribution in [0.1, 0.15) is 15.9 Å². The number of para-hydroxylation sites is 1. The van der Waals surface area contributed by atoms with Crippen molar-refractivity contribution in [2.24, 2.45) is 0 Å². The second-order valence-electron chi connectivity index (χ2n) is 5.45. The van der Waals surface area contributed by atoms with Crippen LogP contribution in [0.5, 0.6) is 5.75 Å². The van der Waals surface area contributed by atoms with Crippen LogP contribution >= 0.6 is 11.6 Å². The number of esters is 1. The number of rotatable bonds is 8. The molecule has 2 N–H and O–H groups in total. The van der Waals surface area contributed by atoms with Gasteiger partial charge in [0.2, 0.25) is 0 Å². The third kappa shape index (κ3) is 6.63. The number of nitrogens with one attached hydrogen (secondary N) is 2. The Bertz CT molecular complexity index is 808. The molecular weight excluding hydrogens is 372 g/mol. The van der Waals surface area contributed by atoms with Gasteiger partial charge in [0.1, 0.15) is 12.3 Å². The van der Waals surface area contributed by atoms with Gasteiger partial charge in [0.25, 0.3) is 11.8 Å². The van der Waals surface area contributed by atoms with Crippen molar-refractivity contribution in [3.05, 3.63) is 64.7 Å². The molecule has 0 unspecified atom stereocenters. The molecule has 2 aromatic rings. The van der Waals surface area contributed by atoms with E-state index >= 15 is 0 Å². The maximum absolute atomic E-state index is 12.1. The molecule has 27 heavy (non-hydrogen) atoms. The Morgan fingerprint density at radius 2 is 1.70 bits per heavy atom. The van der Waals surface area contributed by atoms with Crippen molar-refractivity contribution in [3.8, 4) is 5.75 Å². The monoisotopic (exact) mass is 390 g/mol. The van der Waals surface area contributed by atoms with E-state index in [2.05, 4.69) is 10.6 Å². The summed E-state index contributed by atoms with van der Waals surface area (Å²) in [6, 6.07) is 13.6. The fourth-order valence-corrected chi connectivity index (χ4v) is 2.26. The van der Waals surface area contributed by atoms with Gasteiger partial charge in [-0.3, -0.25) is 14.4 Å². The lowest BCUT2D eigenvalue weighted by molar-refractivity contribution is -0.147. The molecule has 0 aromatic heterocycles. The zero-order valence-corrected chi connectivity index (χ0v) is 15.4. The molecule has 0 spiro atoms. The van der Waals surface area contributed by atoms with Crippen LogP contribution in [0.2, 0.25) is 5.02 Å². The van der Waals surface area contributed by atoms with Crippen molar-refractivity contribution in [2.45, 2.75) is 6.54 Å². The first-order valence-electron chi connectivity index (χ1n) is 8.07. The van der Waals surface area contributed by atoms with Crippen molar-refractivity contribution >= 4 is 29.4 Å². The molecule has 0 atom stereocenters. The Morgan fingerprint density at radius 3 is 2.41 bits per heavy atom. The minimum atomic E-state index is -0.722. The zero-order valence-electron chi connectivity index (χ0n) is 14.7. The highest BCUT2D eigenvalue weighted by Gasteiger charge is 2.14. The molecule has 142 valence electrons. The van der Waals surface area contributed by atoms with Crippen molar-refractivity contribution < 1.29 is 23.9 Å². The van der Waals surface area contributed by atoms with E-state index in [1.807, 2.05) is 0 Å². The normalized spacial score (nSPS) is 10.0. The van der Waals surface area contributed by atoms with Crippen LogP contribution in [0, 0.1) is 0 Å². The van der Waals surface area contributed by atoms with E-state index in [1.165, 1.54) is 7.11 Å². The van der Waals surface area contributed by atoms with Crippen molar-refractivity contribution in [2.75, 3.05) is 20.3 Å². The lowest BCUT2D eigenvalue weighted by Gasteiger charge is -2.09. The van der Waals surface area contributed by atoms with Gasteiger partial charge in [0.05, 0.1) is 12.7 Å². The van der Waals surface area contributed by atoms with E-state index in [9.17, 15) is 14.4 Å². The highest BCUT2D eigenvalue weighted by Crippen LogP contribution is 2.16. The summed E-state index contributed by atoms with van der Waals surface area (Å²) in [6.45, 7) is -0.504. The van der Waals surface area contributed by atoms with E-state index in [1.54, 1.807) is 48.5 Å². The molecule has 0 aliphatic heterocycles. The van der Waals surface area contributed by atoms with Gasteiger partial charge in [-0.25, -0.2) is 0 Å². The predicted octanol–water partition coefficient (Wildman–Crippen LogP) is 1.94. The number of ether oxygens (including phenoxy) is 2. The van der Waals surface area contributed by atoms with Crippen LogP contribution in [-0.4, -0.2) is 38.0 Å². The van der Waals surface area contributed by atoms with Crippen molar-refractivity contribution in [1.29, 1.82) is 0 Å². The van der Waals surface area contributed by atoms with E-state index in [0.29, 0.717) is 16.3 Å². The second kappa shape index (κ2) is 10.2. The molecule has 0 heterocycles. The number of benzene rings is 2. The summed E-state index contributed by atoms with van der Waals surface area (Å²) in [5, 5.41) is 5.64. The fraction of sp³-hybridized carbons (Fsp3) is 0.211. The van der Waals surface area contributed by atoms with Gasteiger partial charge in [-0.1, -0.05) is 35.9 Å². The van der Waals surface area contributed by atoms with E-state index in [-0.39, 0.29) is 13.1 Å². The van der Waals surface area contributed by atoms with Crippen LogP contribution in [0.4, 0.5) is 0 Å². The largest absolute Gasteiger partial charge is 0.496 e. The Hall–Kier alpha value is -3.06. The summed E-state index contributed by atoms with van der Waals surface area (Å²) < 4.78 is 9.92. The lowest BCUT2D eigenvalue weighted by Crippen LogP contribution is -2.33. The average molecular weight is 391 g/mol. The standard InChI is InChI=1S/C19H19ClN2O5/c1-26-16-5-3-2-4-15(16)19(25)22-11-18(24)27-12-17(23)21-10-13-6-8-14(20)9-7-13/h2-9H,10-12H2,1H3,(H,21,23)(H,22,25). The second-order valence-corrected chi connectivity index (χ2v) is 5.88. The van der Waals surface area contributed by atoms with Crippen molar-refractivity contribution in [1.82, 2.24) is 10.6 Å². The topological polar surface area (TPSA) is 93.7 Å². The number of amides is 2. The summed E-state index contributed by atoms with van der Waals surface area (Å²) in [6.07, 6.45) is 0. The van der Waals surface area contributed by atoms with E-state index < -0.39 is 24.4 Å². The summed E-state index contributed by atoms with van der Waals surface area (Å²) in [4.78, 5) is 35.5. The van der Waals surface area contributed by atoms with Crippen LogP contribution in [-0.2, 0) is 20.9 Å². The van der Waals surface area contributed by atoms with E-state index in [4.69, 9.17) is 21.1 Å². The third-order valence-corrected chi connectivity index (χ3v) is 3.76. The van der Waals surface area contributed by atoms with Crippen LogP contribution < -0.4 is 15.4 Å². The highest BCUT2D eigenvalue weighted by molar-refractivity contribution is 6.30. The molecule has 0 aliphatic rings. The number of carbonyl (C=O) groups is 3. The highest BCUT2D eigenvalue weighted by atomic mass is 35.5. The first-order valence-corrected chi connectivity index (χ1v) is 8.45. The molecule has 0 saturated heterocycles. The Morgan fingerprint density at radius 1 is 1.00 bits per heavy atom. The Kier molecular flexibility index (Phi) is 7.63. The fourth-order valence-electron chi connectivity index (χ4n) is 2.13. The number of hydrogen-bond donors (Lipinski definition) is 2. The maximum Gasteiger partial charge on any atom is 0.325 e. The summed E-state index contributed by atoms with van der Waals surface area (Å²) in [7, 11) is 1.45. The smallest absolute Gasteiger partial charge is 0.325 e. The Balaban J connectivity index is 1.70. The van der Waals surface area contributed by atoms with E-state index in [0.717, 1.165) is 5.56 Å². The minimum absolute atomic E-state index is 0.290. The SMILES string of the molecule is COc1ccccc1C(=O)NCC(=O)OCC(=O)NCc1ccc(Cl)cc1. The summed E-state index contributed by atoms with van der Waals surface area (Å²) >= 11 is 5.79. The molecule has 0 bridgehead atoms. The molecule has 2 amide bonds. The molecule has 0 saturated carbocycles. The van der Waals surface area contributed by atoms with Gasteiger partial charge in [-0.05, 0) is 29.8 Å². The van der Waals surface area contributed by atoms with Gasteiger partial charge in [0, 0.05) is 11.6 Å². The maximum atomic E-state index is 12.1. The predicted molar refractivity (Wildman–Crippen MR) is 99.6 cm³/mol. The molecule has 0 radical (unpaired) electrons. The van der Waals surface area contributed by atoms with Crippen molar-refractivity contribution in [3.63, 3.8) is 0 Å². The molecular formula is C19H19ClN2O5. The first kappa shape index (κ1) is 20.3. The quantitative estimate of drug-likeness (QED) is 0.672. The van der Waals surface area contributed by atoms with Gasteiger partial charge >= 0.3 is 5.97 Å². The van der Waals surface area contributed by atoms with Crippen LogP contribution in [0.3, 0.4) is 0 Å². The van der Waals surface area contributed by atoms with Gasteiger partial charge < -0.3 is 20.1 Å². The molecule has 2 rings (SSSR count). The number of hydrogen-bond acceptors (Lipinski definition) is 5. The van der Waals surface area contributed by atoms with Gasteiger partial charge in [-0.2, -0.15) is 0 Å². The van der Waals surface area contributed by atoms with Crippen LogP contribution in [0.25, 0.3) is 0 Å². The number of carbonyl (C=O) groups excluding carboxylic acids is 3. The molecule has 0 fully saturated rings. The minimum Gasteiger partial charge on any atom is -0.496 e.